The summed E-state index contributed by atoms with van der Waals surface area (Å²) in [4.78, 5) is 23.8. The van der Waals surface area contributed by atoms with Gasteiger partial charge in [-0.25, -0.2) is 0 Å². The molecular weight excluding hydrogens is 252 g/mol. The van der Waals surface area contributed by atoms with Crippen LogP contribution in [0.5, 0.6) is 0 Å². The molecule has 104 valence electrons. The first-order chi connectivity index (χ1) is 9.61. The number of aryl methyl sites for hydroxylation is 2. The number of anilines is 1. The van der Waals surface area contributed by atoms with Crippen LogP contribution in [0.15, 0.2) is 47.3 Å². The van der Waals surface area contributed by atoms with Crippen molar-refractivity contribution in [3.8, 4) is 0 Å². The van der Waals surface area contributed by atoms with E-state index >= 15 is 0 Å². The van der Waals surface area contributed by atoms with Crippen LogP contribution in [0.25, 0.3) is 0 Å². The summed E-state index contributed by atoms with van der Waals surface area (Å²) in [5.74, 6) is -0.192. The Kier molecular flexibility index (Phi) is 4.35. The Morgan fingerprint density at radius 3 is 2.60 bits per heavy atom. The summed E-state index contributed by atoms with van der Waals surface area (Å²) in [5.41, 5.74) is 2.50. The van der Waals surface area contributed by atoms with E-state index in [0.717, 1.165) is 23.4 Å². The van der Waals surface area contributed by atoms with E-state index in [0.29, 0.717) is 0 Å². The second-order valence-corrected chi connectivity index (χ2v) is 4.65. The van der Waals surface area contributed by atoms with Gasteiger partial charge in [-0.2, -0.15) is 0 Å². The zero-order valence-corrected chi connectivity index (χ0v) is 11.7. The van der Waals surface area contributed by atoms with Crippen LogP contribution in [0, 0.1) is 6.92 Å². The van der Waals surface area contributed by atoms with Crippen molar-refractivity contribution in [2.24, 2.45) is 0 Å². The van der Waals surface area contributed by atoms with Crippen molar-refractivity contribution in [1.29, 1.82) is 0 Å². The fourth-order valence-electron chi connectivity index (χ4n) is 2.11. The quantitative estimate of drug-likeness (QED) is 0.927. The van der Waals surface area contributed by atoms with Crippen molar-refractivity contribution in [1.82, 2.24) is 4.57 Å². The first-order valence-corrected chi connectivity index (χ1v) is 6.66. The van der Waals surface area contributed by atoms with E-state index in [1.165, 1.54) is 10.6 Å². The molecule has 1 N–H and O–H groups in total. The van der Waals surface area contributed by atoms with Gasteiger partial charge < -0.3 is 9.88 Å². The first kappa shape index (κ1) is 14.1. The number of hydrogen-bond acceptors (Lipinski definition) is 2. The van der Waals surface area contributed by atoms with Gasteiger partial charge in [0.1, 0.15) is 6.54 Å². The minimum absolute atomic E-state index is 0.0313. The predicted molar refractivity (Wildman–Crippen MR) is 79.9 cm³/mol. The second kappa shape index (κ2) is 6.19. The molecule has 0 atom stereocenters. The summed E-state index contributed by atoms with van der Waals surface area (Å²) in [6.45, 7) is 3.88. The molecule has 4 heteroatoms. The summed E-state index contributed by atoms with van der Waals surface area (Å²) in [7, 11) is 0. The number of amides is 1. The Bertz CT molecular complexity index is 674. The van der Waals surface area contributed by atoms with E-state index in [1.54, 1.807) is 6.07 Å². The molecule has 1 aromatic heterocycles. The molecule has 0 unspecified atom stereocenters. The van der Waals surface area contributed by atoms with Crippen molar-refractivity contribution < 1.29 is 4.79 Å². The Labute approximate surface area is 118 Å². The maximum absolute atomic E-state index is 12.1. The van der Waals surface area contributed by atoms with Gasteiger partial charge in [0, 0.05) is 17.4 Å². The number of hydrogen-bond donors (Lipinski definition) is 1. The highest BCUT2D eigenvalue weighted by molar-refractivity contribution is 5.91. The summed E-state index contributed by atoms with van der Waals surface area (Å²) < 4.78 is 1.46. The van der Waals surface area contributed by atoms with Gasteiger partial charge in [0.05, 0.1) is 0 Å². The third-order valence-corrected chi connectivity index (χ3v) is 3.24. The van der Waals surface area contributed by atoms with Crippen LogP contribution in [-0.2, 0) is 17.8 Å². The lowest BCUT2D eigenvalue weighted by atomic mass is 10.1. The van der Waals surface area contributed by atoms with E-state index in [2.05, 4.69) is 5.32 Å². The van der Waals surface area contributed by atoms with Crippen LogP contribution in [0.4, 0.5) is 5.69 Å². The van der Waals surface area contributed by atoms with Crippen molar-refractivity contribution in [2.75, 3.05) is 5.32 Å². The number of carbonyl (C=O) groups excluding carboxylic acids is 1. The summed E-state index contributed by atoms with van der Waals surface area (Å²) >= 11 is 0. The number of nitrogens with one attached hydrogen (secondary N) is 1. The minimum atomic E-state index is -0.192. The molecule has 0 aliphatic rings. The van der Waals surface area contributed by atoms with Gasteiger partial charge in [-0.1, -0.05) is 31.2 Å². The van der Waals surface area contributed by atoms with Crippen molar-refractivity contribution in [2.45, 2.75) is 26.8 Å². The van der Waals surface area contributed by atoms with E-state index in [-0.39, 0.29) is 18.0 Å². The van der Waals surface area contributed by atoms with Crippen LogP contribution >= 0.6 is 0 Å². The molecule has 1 aromatic carbocycles. The lowest BCUT2D eigenvalue weighted by Crippen LogP contribution is -2.28. The molecule has 20 heavy (non-hydrogen) atoms. The van der Waals surface area contributed by atoms with Crippen LogP contribution in [0.3, 0.4) is 0 Å². The highest BCUT2D eigenvalue weighted by Gasteiger charge is 2.08. The zero-order chi connectivity index (χ0) is 14.5. The molecule has 4 nitrogen and oxygen atoms in total. The average Bonchev–Trinajstić information content (AvgIpc) is 2.44. The molecule has 0 saturated carbocycles. The molecular formula is C16H18N2O2. The Balaban J connectivity index is 2.16. The summed E-state index contributed by atoms with van der Waals surface area (Å²) in [6.07, 6.45) is 0.848. The van der Waals surface area contributed by atoms with Crippen LogP contribution < -0.4 is 10.9 Å². The SMILES string of the molecule is CCc1ccccc1NC(=O)Cn1c(C)cccc1=O. The van der Waals surface area contributed by atoms with Crippen LogP contribution in [0.2, 0.25) is 0 Å². The third-order valence-electron chi connectivity index (χ3n) is 3.24. The number of benzene rings is 1. The van der Waals surface area contributed by atoms with E-state index in [1.807, 2.05) is 44.2 Å². The van der Waals surface area contributed by atoms with Gasteiger partial charge in [0.2, 0.25) is 5.91 Å². The molecule has 1 amide bonds. The Hall–Kier alpha value is -2.36. The molecule has 2 rings (SSSR count). The van der Waals surface area contributed by atoms with Gasteiger partial charge in [-0.05, 0) is 31.0 Å². The van der Waals surface area contributed by atoms with Crippen LogP contribution in [-0.4, -0.2) is 10.5 Å². The lowest BCUT2D eigenvalue weighted by molar-refractivity contribution is -0.116. The van der Waals surface area contributed by atoms with Gasteiger partial charge in [0.25, 0.3) is 5.56 Å². The smallest absolute Gasteiger partial charge is 0.251 e. The highest BCUT2D eigenvalue weighted by atomic mass is 16.2. The van der Waals surface area contributed by atoms with E-state index in [4.69, 9.17) is 0 Å². The third kappa shape index (κ3) is 3.15. The van der Waals surface area contributed by atoms with Gasteiger partial charge in [-0.15, -0.1) is 0 Å². The highest BCUT2D eigenvalue weighted by Crippen LogP contribution is 2.15. The molecule has 0 radical (unpaired) electrons. The van der Waals surface area contributed by atoms with Gasteiger partial charge in [-0.3, -0.25) is 9.59 Å². The Morgan fingerprint density at radius 2 is 1.90 bits per heavy atom. The molecule has 0 aliphatic carbocycles. The summed E-state index contributed by atoms with van der Waals surface area (Å²) in [6, 6.07) is 12.6. The average molecular weight is 270 g/mol. The maximum Gasteiger partial charge on any atom is 0.251 e. The number of pyridine rings is 1. The minimum Gasteiger partial charge on any atom is -0.324 e. The van der Waals surface area contributed by atoms with E-state index in [9.17, 15) is 9.59 Å². The van der Waals surface area contributed by atoms with Gasteiger partial charge >= 0.3 is 0 Å². The van der Waals surface area contributed by atoms with E-state index < -0.39 is 0 Å². The molecule has 0 aliphatic heterocycles. The molecule has 0 spiro atoms. The second-order valence-electron chi connectivity index (χ2n) is 4.65. The maximum atomic E-state index is 12.1. The normalized spacial score (nSPS) is 10.3. The Morgan fingerprint density at radius 1 is 1.15 bits per heavy atom. The number of aromatic nitrogens is 1. The molecule has 1 heterocycles. The number of nitrogens with zero attached hydrogens (tertiary/aromatic N) is 1. The first-order valence-electron chi connectivity index (χ1n) is 6.66. The largest absolute Gasteiger partial charge is 0.324 e. The predicted octanol–water partition coefficient (Wildman–Crippen LogP) is 2.36. The molecule has 0 fully saturated rings. The summed E-state index contributed by atoms with van der Waals surface area (Å²) in [5, 5.41) is 2.87. The molecule has 0 saturated heterocycles. The fraction of sp³-hybridized carbons (Fsp3) is 0.250. The lowest BCUT2D eigenvalue weighted by Gasteiger charge is -2.12. The van der Waals surface area contributed by atoms with Crippen molar-refractivity contribution in [3.05, 3.63) is 64.1 Å². The van der Waals surface area contributed by atoms with Crippen molar-refractivity contribution in [3.63, 3.8) is 0 Å². The topological polar surface area (TPSA) is 51.1 Å². The van der Waals surface area contributed by atoms with Gasteiger partial charge in [0.15, 0.2) is 0 Å². The molecule has 2 aromatic rings. The van der Waals surface area contributed by atoms with Crippen molar-refractivity contribution >= 4 is 11.6 Å². The number of carbonyl (C=O) groups is 1. The fourth-order valence-corrected chi connectivity index (χ4v) is 2.11. The number of rotatable bonds is 4. The monoisotopic (exact) mass is 270 g/mol. The zero-order valence-electron chi connectivity index (χ0n) is 11.7. The molecule has 0 bridgehead atoms. The van der Waals surface area contributed by atoms with Crippen LogP contribution in [0.1, 0.15) is 18.2 Å². The standard InChI is InChI=1S/C16H18N2O2/c1-3-13-8-4-5-9-14(13)17-15(19)11-18-12(2)7-6-10-16(18)20/h4-10H,3,11H2,1-2H3,(H,17,19). The number of para-hydroxylation sites is 1.